The molecule has 0 radical (unpaired) electrons. The molecule has 8 nitrogen and oxygen atoms in total. The van der Waals surface area contributed by atoms with Crippen molar-refractivity contribution in [2.45, 2.75) is 50.7 Å². The minimum atomic E-state index is -0.641. The fraction of sp³-hybridized carbons (Fsp3) is 0.364. The number of carbonyl (C=O) groups excluding carboxylic acids is 2. The van der Waals surface area contributed by atoms with Crippen molar-refractivity contribution in [3.63, 3.8) is 0 Å². The van der Waals surface area contributed by atoms with Crippen LogP contribution in [0.25, 0.3) is 0 Å². The molecule has 0 spiro atoms. The van der Waals surface area contributed by atoms with Gasteiger partial charge >= 0.3 is 0 Å². The third-order valence-corrected chi connectivity index (χ3v) is 8.35. The van der Waals surface area contributed by atoms with E-state index < -0.39 is 5.25 Å². The van der Waals surface area contributed by atoms with Crippen molar-refractivity contribution in [3.05, 3.63) is 77.3 Å². The van der Waals surface area contributed by atoms with Crippen LogP contribution in [0.4, 0.5) is 11.4 Å². The fourth-order valence-electron chi connectivity index (χ4n) is 4.57. The normalized spacial score (nSPS) is 15.8. The number of hydrogen-bond donors (Lipinski definition) is 1. The van der Waals surface area contributed by atoms with E-state index in [9.17, 15) is 9.59 Å². The summed E-state index contributed by atoms with van der Waals surface area (Å²) in [4.78, 5) is 33.1. The molecule has 3 aromatic carbocycles. The molecule has 0 aliphatic carbocycles. The Bertz CT molecular complexity index is 1420. The molecule has 43 heavy (non-hydrogen) atoms. The summed E-state index contributed by atoms with van der Waals surface area (Å²) in [6.45, 7) is 3.24. The van der Waals surface area contributed by atoms with Gasteiger partial charge in [-0.25, -0.2) is 4.99 Å². The number of nitrogens with one attached hydrogen (secondary N) is 1. The van der Waals surface area contributed by atoms with Gasteiger partial charge in [0.25, 0.3) is 0 Å². The monoisotopic (exact) mass is 623 g/mol. The van der Waals surface area contributed by atoms with E-state index in [2.05, 4.69) is 12.2 Å². The van der Waals surface area contributed by atoms with E-state index >= 15 is 0 Å². The summed E-state index contributed by atoms with van der Waals surface area (Å²) in [6.07, 6.45) is 5.17. The molecule has 1 N–H and O–H groups in total. The van der Waals surface area contributed by atoms with Crippen molar-refractivity contribution in [1.29, 1.82) is 0 Å². The lowest BCUT2D eigenvalue weighted by Gasteiger charge is -2.32. The number of ether oxygens (including phenoxy) is 3. The molecule has 1 heterocycles. The average molecular weight is 624 g/mol. The summed E-state index contributed by atoms with van der Waals surface area (Å²) in [6, 6.07) is 20.1. The van der Waals surface area contributed by atoms with Crippen LogP contribution in [0.2, 0.25) is 5.02 Å². The molecule has 3 aromatic rings. The van der Waals surface area contributed by atoms with Crippen LogP contribution in [-0.4, -0.2) is 54.5 Å². The topological polar surface area (TPSA) is 89.5 Å². The van der Waals surface area contributed by atoms with Gasteiger partial charge in [-0.2, -0.15) is 0 Å². The maximum Gasteiger partial charge on any atom is 0.238 e. The maximum atomic E-state index is 13.4. The van der Waals surface area contributed by atoms with Crippen LogP contribution in [0.1, 0.15) is 44.6 Å². The molecule has 228 valence electrons. The summed E-state index contributed by atoms with van der Waals surface area (Å²) >= 11 is 7.47. The highest BCUT2D eigenvalue weighted by Crippen LogP contribution is 2.32. The van der Waals surface area contributed by atoms with E-state index in [0.717, 1.165) is 24.2 Å². The van der Waals surface area contributed by atoms with E-state index in [4.69, 9.17) is 30.8 Å². The third kappa shape index (κ3) is 9.40. The van der Waals surface area contributed by atoms with E-state index in [1.54, 1.807) is 37.3 Å². The van der Waals surface area contributed by atoms with Gasteiger partial charge < -0.3 is 19.5 Å². The highest BCUT2D eigenvalue weighted by atomic mass is 35.5. The summed E-state index contributed by atoms with van der Waals surface area (Å²) < 4.78 is 16.6. The van der Waals surface area contributed by atoms with Crippen molar-refractivity contribution in [1.82, 2.24) is 4.90 Å². The first-order valence-corrected chi connectivity index (χ1v) is 15.7. The molecular formula is C33H38ClN3O5S. The largest absolute Gasteiger partial charge is 0.494 e. The summed E-state index contributed by atoms with van der Waals surface area (Å²) in [5.74, 6) is 1.59. The average Bonchev–Trinajstić information content (AvgIpc) is 3.01. The first kappa shape index (κ1) is 32.2. The fourth-order valence-corrected chi connectivity index (χ4v) is 5.88. The van der Waals surface area contributed by atoms with Crippen molar-refractivity contribution in [2.24, 2.45) is 4.99 Å². The van der Waals surface area contributed by atoms with Crippen LogP contribution in [0.5, 0.6) is 17.2 Å². The molecular weight excluding hydrogens is 586 g/mol. The van der Waals surface area contributed by atoms with Gasteiger partial charge in [-0.1, -0.05) is 61.7 Å². The predicted molar refractivity (Wildman–Crippen MR) is 174 cm³/mol. The summed E-state index contributed by atoms with van der Waals surface area (Å²) in [5.41, 5.74) is 2.22. The molecule has 0 bridgehead atoms. The molecule has 1 unspecified atom stereocenters. The van der Waals surface area contributed by atoms with Crippen molar-refractivity contribution < 1.29 is 23.8 Å². The molecule has 4 rings (SSSR count). The molecule has 1 aliphatic rings. The molecule has 2 amide bonds. The quantitative estimate of drug-likeness (QED) is 0.187. The van der Waals surface area contributed by atoms with E-state index in [1.165, 1.54) is 24.6 Å². The number of amidine groups is 1. The number of benzene rings is 3. The molecule has 1 saturated heterocycles. The lowest BCUT2D eigenvalue weighted by atomic mass is 10.1. The second-order valence-electron chi connectivity index (χ2n) is 10.1. The van der Waals surface area contributed by atoms with Crippen LogP contribution in [0.15, 0.2) is 71.7 Å². The highest BCUT2D eigenvalue weighted by Gasteiger charge is 2.36. The Hall–Kier alpha value is -3.69. The Morgan fingerprint density at radius 3 is 2.53 bits per heavy atom. The number of rotatable bonds is 14. The number of nitrogens with zero attached hydrogens (tertiary/aromatic N) is 2. The van der Waals surface area contributed by atoms with Crippen LogP contribution >= 0.6 is 23.4 Å². The number of thioether (sulfide) groups is 1. The van der Waals surface area contributed by atoms with Gasteiger partial charge in [0.2, 0.25) is 11.8 Å². The third-order valence-electron chi connectivity index (χ3n) is 6.93. The Morgan fingerprint density at radius 1 is 1.02 bits per heavy atom. The van der Waals surface area contributed by atoms with Crippen LogP contribution in [-0.2, 0) is 16.0 Å². The number of unbranched alkanes of at least 4 members (excludes halogenated alkanes) is 3. The van der Waals surface area contributed by atoms with Gasteiger partial charge in [-0.3, -0.25) is 14.5 Å². The first-order valence-electron chi connectivity index (χ1n) is 14.5. The van der Waals surface area contributed by atoms with Crippen LogP contribution < -0.4 is 19.5 Å². The van der Waals surface area contributed by atoms with Crippen molar-refractivity contribution in [3.8, 4) is 17.2 Å². The van der Waals surface area contributed by atoms with Gasteiger partial charge in [0.15, 0.2) is 16.7 Å². The van der Waals surface area contributed by atoms with Crippen LogP contribution in [0.3, 0.4) is 0 Å². The zero-order valence-electron chi connectivity index (χ0n) is 24.8. The minimum Gasteiger partial charge on any atom is -0.494 e. The smallest absolute Gasteiger partial charge is 0.238 e. The molecule has 0 saturated carbocycles. The minimum absolute atomic E-state index is 0.0515. The van der Waals surface area contributed by atoms with Gasteiger partial charge in [0, 0.05) is 23.7 Å². The zero-order chi connectivity index (χ0) is 30.6. The van der Waals surface area contributed by atoms with Gasteiger partial charge in [0.1, 0.15) is 11.0 Å². The molecule has 1 fully saturated rings. The van der Waals surface area contributed by atoms with Gasteiger partial charge in [-0.05, 0) is 73.0 Å². The number of methoxy groups -OCH3 is 2. The van der Waals surface area contributed by atoms with Crippen molar-refractivity contribution in [2.75, 3.05) is 32.7 Å². The number of aliphatic imine (C=N–C) groups is 1. The van der Waals surface area contributed by atoms with Gasteiger partial charge in [0.05, 0.1) is 26.5 Å². The van der Waals surface area contributed by atoms with E-state index in [0.29, 0.717) is 52.6 Å². The Morgan fingerprint density at radius 2 is 1.81 bits per heavy atom. The molecule has 0 aromatic heterocycles. The number of carbonyl (C=O) groups is 2. The maximum absolute atomic E-state index is 13.4. The SMILES string of the molecule is CCCCCCOc1ccc(NC(=O)C2CC(=O)N(CCc3ccc(OC)c(OC)c3)C(=Nc3cccc(Cl)c3)S2)cc1. The Balaban J connectivity index is 1.44. The highest BCUT2D eigenvalue weighted by molar-refractivity contribution is 8.15. The Labute approximate surface area is 262 Å². The van der Waals surface area contributed by atoms with E-state index in [1.807, 2.05) is 48.5 Å². The molecule has 1 atom stereocenters. The van der Waals surface area contributed by atoms with E-state index in [-0.39, 0.29) is 18.2 Å². The Kier molecular flexibility index (Phi) is 12.2. The first-order chi connectivity index (χ1) is 20.9. The second-order valence-corrected chi connectivity index (χ2v) is 11.7. The second kappa shape index (κ2) is 16.2. The number of halogens is 1. The van der Waals surface area contributed by atoms with Crippen LogP contribution in [0, 0.1) is 0 Å². The summed E-state index contributed by atoms with van der Waals surface area (Å²) in [7, 11) is 3.18. The number of hydrogen-bond acceptors (Lipinski definition) is 7. The van der Waals surface area contributed by atoms with Gasteiger partial charge in [-0.15, -0.1) is 0 Å². The lowest BCUT2D eigenvalue weighted by Crippen LogP contribution is -2.46. The predicted octanol–water partition coefficient (Wildman–Crippen LogP) is 7.52. The number of anilines is 1. The lowest BCUT2D eigenvalue weighted by molar-refractivity contribution is -0.129. The molecule has 1 aliphatic heterocycles. The summed E-state index contributed by atoms with van der Waals surface area (Å²) in [5, 5.41) is 3.29. The molecule has 10 heteroatoms. The standard InChI is InChI=1S/C33H38ClN3O5S/c1-4-5-6-7-19-42-27-14-12-25(13-15-27)35-32(39)30-22-31(38)37(33(43-30)36-26-10-8-9-24(34)21-26)18-17-23-11-16-28(40-2)29(20-23)41-3/h8-16,20-21,30H,4-7,17-19,22H2,1-3H3,(H,35,39). The zero-order valence-corrected chi connectivity index (χ0v) is 26.4. The number of amides is 2. The van der Waals surface area contributed by atoms with Crippen molar-refractivity contribution >= 4 is 51.7 Å².